The second kappa shape index (κ2) is 4.90. The smallest absolute Gasteiger partial charge is 0.335 e. The first-order chi connectivity index (χ1) is 7.79. The van der Waals surface area contributed by atoms with Gasteiger partial charge in [-0.1, -0.05) is 24.3 Å². The first kappa shape index (κ1) is 10.8. The van der Waals surface area contributed by atoms with Gasteiger partial charge in [0.25, 0.3) is 0 Å². The molecule has 4 heteroatoms. The number of carbonyl (C=O) groups is 2. The van der Waals surface area contributed by atoms with Crippen molar-refractivity contribution < 1.29 is 19.1 Å². The fraction of sp³-hybridized carbons (Fsp3) is 0.333. The molecule has 0 saturated carbocycles. The van der Waals surface area contributed by atoms with Gasteiger partial charge in [0, 0.05) is 12.0 Å². The molecule has 2 rings (SSSR count). The van der Waals surface area contributed by atoms with Crippen LogP contribution in [0, 0.1) is 0 Å². The molecule has 1 aliphatic heterocycles. The Hall–Kier alpha value is -1.68. The number of benzene rings is 1. The molecule has 1 unspecified atom stereocenters. The number of rotatable bonds is 4. The van der Waals surface area contributed by atoms with E-state index in [9.17, 15) is 9.59 Å². The van der Waals surface area contributed by atoms with Crippen molar-refractivity contribution in [2.75, 3.05) is 6.61 Å². The molecule has 0 radical (unpaired) electrons. The standard InChI is InChI=1S/C12H12O4/c13-7-9-1-3-10(4-2-9)8-16-11-5-6-15-12(11)14/h1-4,7,11H,5-6,8H2. The highest BCUT2D eigenvalue weighted by atomic mass is 16.6. The molecule has 0 amide bonds. The minimum absolute atomic E-state index is 0.287. The van der Waals surface area contributed by atoms with Crippen LogP contribution in [-0.4, -0.2) is 25.0 Å². The van der Waals surface area contributed by atoms with Crippen LogP contribution in [0.2, 0.25) is 0 Å². The molecule has 1 aromatic rings. The Balaban J connectivity index is 1.89. The van der Waals surface area contributed by atoms with Crippen LogP contribution in [0.1, 0.15) is 22.3 Å². The highest BCUT2D eigenvalue weighted by Gasteiger charge is 2.26. The topological polar surface area (TPSA) is 52.6 Å². The highest BCUT2D eigenvalue weighted by molar-refractivity contribution is 5.76. The van der Waals surface area contributed by atoms with Crippen LogP contribution in [0.4, 0.5) is 0 Å². The third-order valence-corrected chi connectivity index (χ3v) is 2.45. The van der Waals surface area contributed by atoms with Crippen molar-refractivity contribution in [3.63, 3.8) is 0 Å². The molecule has 0 aromatic heterocycles. The monoisotopic (exact) mass is 220 g/mol. The fourth-order valence-electron chi connectivity index (χ4n) is 1.52. The largest absolute Gasteiger partial charge is 0.464 e. The van der Waals surface area contributed by atoms with Crippen LogP contribution in [0.3, 0.4) is 0 Å². The molecule has 84 valence electrons. The summed E-state index contributed by atoms with van der Waals surface area (Å²) in [5.74, 6) is -0.287. The number of cyclic esters (lactones) is 1. The molecule has 0 spiro atoms. The summed E-state index contributed by atoms with van der Waals surface area (Å²) in [4.78, 5) is 21.5. The number of hydrogen-bond acceptors (Lipinski definition) is 4. The number of ether oxygens (including phenoxy) is 2. The molecule has 1 fully saturated rings. The van der Waals surface area contributed by atoms with Crippen LogP contribution in [-0.2, 0) is 20.9 Å². The van der Waals surface area contributed by atoms with Crippen LogP contribution in [0.15, 0.2) is 24.3 Å². The summed E-state index contributed by atoms with van der Waals surface area (Å²) in [6.07, 6.45) is 0.968. The summed E-state index contributed by atoms with van der Waals surface area (Å²) in [5.41, 5.74) is 1.56. The van der Waals surface area contributed by atoms with Gasteiger partial charge in [-0.3, -0.25) is 4.79 Å². The Labute approximate surface area is 93.2 Å². The van der Waals surface area contributed by atoms with Crippen LogP contribution >= 0.6 is 0 Å². The third kappa shape index (κ3) is 2.46. The summed E-state index contributed by atoms with van der Waals surface area (Å²) in [5, 5.41) is 0. The van der Waals surface area contributed by atoms with E-state index < -0.39 is 6.10 Å². The van der Waals surface area contributed by atoms with Crippen molar-refractivity contribution in [3.05, 3.63) is 35.4 Å². The summed E-state index contributed by atoms with van der Waals surface area (Å²) in [6.45, 7) is 0.798. The zero-order valence-electron chi connectivity index (χ0n) is 8.72. The van der Waals surface area contributed by atoms with Gasteiger partial charge in [-0.2, -0.15) is 0 Å². The van der Waals surface area contributed by atoms with Crippen molar-refractivity contribution in [2.45, 2.75) is 19.1 Å². The predicted octanol–water partition coefficient (Wildman–Crippen LogP) is 1.33. The predicted molar refractivity (Wildman–Crippen MR) is 56.0 cm³/mol. The maximum Gasteiger partial charge on any atom is 0.335 e. The van der Waals surface area contributed by atoms with E-state index in [4.69, 9.17) is 9.47 Å². The lowest BCUT2D eigenvalue weighted by atomic mass is 10.1. The Morgan fingerprint density at radius 3 is 2.69 bits per heavy atom. The van der Waals surface area contributed by atoms with Gasteiger partial charge in [-0.15, -0.1) is 0 Å². The van der Waals surface area contributed by atoms with Gasteiger partial charge in [0.15, 0.2) is 6.10 Å². The first-order valence-corrected chi connectivity index (χ1v) is 5.12. The maximum absolute atomic E-state index is 11.1. The lowest BCUT2D eigenvalue weighted by molar-refractivity contribution is -0.147. The highest BCUT2D eigenvalue weighted by Crippen LogP contribution is 2.13. The van der Waals surface area contributed by atoms with E-state index >= 15 is 0 Å². The lowest BCUT2D eigenvalue weighted by Gasteiger charge is -2.07. The molecule has 16 heavy (non-hydrogen) atoms. The summed E-state index contributed by atoms with van der Waals surface area (Å²) in [7, 11) is 0. The zero-order valence-corrected chi connectivity index (χ0v) is 8.72. The number of aldehydes is 1. The van der Waals surface area contributed by atoms with Crippen LogP contribution < -0.4 is 0 Å². The van der Waals surface area contributed by atoms with Crippen molar-refractivity contribution >= 4 is 12.3 Å². The minimum atomic E-state index is -0.439. The van der Waals surface area contributed by atoms with Gasteiger partial charge in [0.05, 0.1) is 13.2 Å². The van der Waals surface area contributed by atoms with Gasteiger partial charge >= 0.3 is 5.97 Å². The Morgan fingerprint density at radius 1 is 1.38 bits per heavy atom. The summed E-state index contributed by atoms with van der Waals surface area (Å²) >= 11 is 0. The number of carbonyl (C=O) groups excluding carboxylic acids is 2. The van der Waals surface area contributed by atoms with E-state index in [-0.39, 0.29) is 5.97 Å². The lowest BCUT2D eigenvalue weighted by Crippen LogP contribution is -2.18. The van der Waals surface area contributed by atoms with Crippen molar-refractivity contribution in [2.24, 2.45) is 0 Å². The SMILES string of the molecule is O=Cc1ccc(COC2CCOC2=O)cc1. The van der Waals surface area contributed by atoms with Gasteiger partial charge in [0.1, 0.15) is 6.29 Å². The Morgan fingerprint density at radius 2 is 2.12 bits per heavy atom. The quantitative estimate of drug-likeness (QED) is 0.567. The fourth-order valence-corrected chi connectivity index (χ4v) is 1.52. The van der Waals surface area contributed by atoms with E-state index in [1.165, 1.54) is 0 Å². The van der Waals surface area contributed by atoms with E-state index in [2.05, 4.69) is 0 Å². The van der Waals surface area contributed by atoms with Gasteiger partial charge in [-0.05, 0) is 5.56 Å². The van der Waals surface area contributed by atoms with Crippen LogP contribution in [0.5, 0.6) is 0 Å². The number of hydrogen-bond donors (Lipinski definition) is 0. The molecule has 1 aliphatic rings. The summed E-state index contributed by atoms with van der Waals surface area (Å²) < 4.78 is 10.2. The third-order valence-electron chi connectivity index (χ3n) is 2.45. The zero-order chi connectivity index (χ0) is 11.4. The average molecular weight is 220 g/mol. The van der Waals surface area contributed by atoms with Gasteiger partial charge in [0.2, 0.25) is 0 Å². The molecular formula is C12H12O4. The Kier molecular flexibility index (Phi) is 3.31. The second-order valence-electron chi connectivity index (χ2n) is 3.62. The average Bonchev–Trinajstić information content (AvgIpc) is 2.73. The van der Waals surface area contributed by atoms with Crippen molar-refractivity contribution in [1.82, 2.24) is 0 Å². The molecule has 0 aliphatic carbocycles. The second-order valence-corrected chi connectivity index (χ2v) is 3.62. The molecular weight excluding hydrogens is 208 g/mol. The van der Waals surface area contributed by atoms with Gasteiger partial charge in [-0.25, -0.2) is 4.79 Å². The molecule has 1 atom stereocenters. The van der Waals surface area contributed by atoms with Crippen molar-refractivity contribution in [1.29, 1.82) is 0 Å². The molecule has 1 saturated heterocycles. The molecule has 1 heterocycles. The van der Waals surface area contributed by atoms with E-state index in [1.807, 2.05) is 12.1 Å². The minimum Gasteiger partial charge on any atom is -0.464 e. The van der Waals surface area contributed by atoms with E-state index in [1.54, 1.807) is 12.1 Å². The van der Waals surface area contributed by atoms with E-state index in [0.717, 1.165) is 11.8 Å². The Bertz CT molecular complexity index is 383. The molecule has 1 aromatic carbocycles. The molecule has 0 bridgehead atoms. The van der Waals surface area contributed by atoms with Crippen LogP contribution in [0.25, 0.3) is 0 Å². The van der Waals surface area contributed by atoms with Crippen molar-refractivity contribution in [3.8, 4) is 0 Å². The van der Waals surface area contributed by atoms with E-state index in [0.29, 0.717) is 25.2 Å². The first-order valence-electron chi connectivity index (χ1n) is 5.12. The normalized spacial score (nSPS) is 19.5. The molecule has 0 N–H and O–H groups in total. The molecule has 4 nitrogen and oxygen atoms in total. The summed E-state index contributed by atoms with van der Waals surface area (Å²) in [6, 6.07) is 7.06. The number of esters is 1. The van der Waals surface area contributed by atoms with Gasteiger partial charge < -0.3 is 9.47 Å². The maximum atomic E-state index is 11.1.